The molecule has 0 saturated carbocycles. The van der Waals surface area contributed by atoms with Gasteiger partial charge in [0.1, 0.15) is 30.3 Å². The SMILES string of the molecule is COCC1OC(n2cc3c(nc2=O)Nc2c(OCCN=C(N)N)cccc2O3)C(F)C1OC. The summed E-state index contributed by atoms with van der Waals surface area (Å²) in [5.41, 5.74) is 10.4. The summed E-state index contributed by atoms with van der Waals surface area (Å²) in [6.45, 7) is 0.600. The maximum absolute atomic E-state index is 15.0. The predicted octanol–water partition coefficient (Wildman–Crippen LogP) is 0.642. The predicted molar refractivity (Wildman–Crippen MR) is 116 cm³/mol. The molecule has 1 fully saturated rings. The number of benzene rings is 1. The lowest BCUT2D eigenvalue weighted by molar-refractivity contribution is -0.0625. The van der Waals surface area contributed by atoms with Crippen LogP contribution < -0.4 is 31.9 Å². The fraction of sp³-hybridized carbons (Fsp3) is 0.450. The maximum Gasteiger partial charge on any atom is 0.352 e. The number of para-hydroxylation sites is 1. The largest absolute Gasteiger partial charge is 0.489 e. The molecular weight excluding hydrogens is 439 g/mol. The lowest BCUT2D eigenvalue weighted by Crippen LogP contribution is -2.35. The molecule has 1 saturated heterocycles. The molecule has 4 atom stereocenters. The lowest BCUT2D eigenvalue weighted by Gasteiger charge is -2.24. The number of nitrogens with zero attached hydrogens (tertiary/aromatic N) is 3. The highest BCUT2D eigenvalue weighted by Gasteiger charge is 2.47. The van der Waals surface area contributed by atoms with E-state index in [1.54, 1.807) is 18.2 Å². The van der Waals surface area contributed by atoms with Gasteiger partial charge >= 0.3 is 5.69 Å². The monoisotopic (exact) mass is 464 g/mol. The van der Waals surface area contributed by atoms with Crippen molar-refractivity contribution in [2.24, 2.45) is 16.5 Å². The molecule has 12 nitrogen and oxygen atoms in total. The highest BCUT2D eigenvalue weighted by molar-refractivity contribution is 5.77. The molecule has 5 N–H and O–H groups in total. The molecule has 2 aliphatic rings. The molecule has 0 aliphatic carbocycles. The average Bonchev–Trinajstić information content (AvgIpc) is 3.10. The van der Waals surface area contributed by atoms with Gasteiger partial charge in [-0.3, -0.25) is 9.56 Å². The van der Waals surface area contributed by atoms with Gasteiger partial charge in [-0.15, -0.1) is 0 Å². The third kappa shape index (κ3) is 4.55. The zero-order chi connectivity index (χ0) is 23.5. The molecule has 33 heavy (non-hydrogen) atoms. The van der Waals surface area contributed by atoms with Gasteiger partial charge in [-0.1, -0.05) is 6.07 Å². The Hall–Kier alpha value is -3.42. The zero-order valence-corrected chi connectivity index (χ0v) is 18.1. The van der Waals surface area contributed by atoms with Crippen molar-refractivity contribution in [1.82, 2.24) is 9.55 Å². The molecule has 1 aromatic heterocycles. The highest BCUT2D eigenvalue weighted by Crippen LogP contribution is 2.45. The Morgan fingerprint density at radius 3 is 2.88 bits per heavy atom. The van der Waals surface area contributed by atoms with Gasteiger partial charge in [0, 0.05) is 14.2 Å². The van der Waals surface area contributed by atoms with E-state index in [1.165, 1.54) is 20.4 Å². The maximum atomic E-state index is 15.0. The van der Waals surface area contributed by atoms with Crippen molar-refractivity contribution in [2.75, 3.05) is 39.3 Å². The third-order valence-corrected chi connectivity index (χ3v) is 5.16. The van der Waals surface area contributed by atoms with Gasteiger partial charge in [-0.2, -0.15) is 4.98 Å². The second-order valence-electron chi connectivity index (χ2n) is 7.32. The summed E-state index contributed by atoms with van der Waals surface area (Å²) in [5, 5.41) is 3.04. The van der Waals surface area contributed by atoms with Crippen LogP contribution in [0.15, 0.2) is 34.2 Å². The Morgan fingerprint density at radius 1 is 1.33 bits per heavy atom. The number of aromatic nitrogens is 2. The standard InChI is InChI=1S/C20H25FN6O6/c1-29-9-13-16(30-2)14(21)18(33-13)27-8-12-17(26-20(27)28)25-15-10(4-3-5-11(15)32-12)31-7-6-24-19(22)23/h3-5,8,13-14,16,18H,6-7,9H2,1-2H3,(H4,22,23,24)(H,25,26,28). The molecule has 0 radical (unpaired) electrons. The first-order chi connectivity index (χ1) is 15.9. The molecular formula is C20H25FN6O6. The van der Waals surface area contributed by atoms with E-state index in [2.05, 4.69) is 15.3 Å². The van der Waals surface area contributed by atoms with Crippen LogP contribution in [-0.4, -0.2) is 67.9 Å². The fourth-order valence-corrected chi connectivity index (χ4v) is 3.70. The number of hydrogen-bond acceptors (Lipinski definition) is 9. The second kappa shape index (κ2) is 9.60. The van der Waals surface area contributed by atoms with Crippen LogP contribution in [0.4, 0.5) is 15.9 Å². The van der Waals surface area contributed by atoms with E-state index in [0.29, 0.717) is 17.2 Å². The van der Waals surface area contributed by atoms with Crippen LogP contribution in [0.1, 0.15) is 6.23 Å². The van der Waals surface area contributed by atoms with Gasteiger partial charge in [0.05, 0.1) is 19.3 Å². The molecule has 3 heterocycles. The smallest absolute Gasteiger partial charge is 0.352 e. The molecule has 0 spiro atoms. The van der Waals surface area contributed by atoms with Crippen LogP contribution in [-0.2, 0) is 14.2 Å². The van der Waals surface area contributed by atoms with Crippen LogP contribution in [0.25, 0.3) is 0 Å². The van der Waals surface area contributed by atoms with Crippen molar-refractivity contribution in [3.63, 3.8) is 0 Å². The van der Waals surface area contributed by atoms with Crippen molar-refractivity contribution < 1.29 is 28.1 Å². The topological polar surface area (TPSA) is 157 Å². The average molecular weight is 464 g/mol. The first kappa shape index (κ1) is 22.8. The van der Waals surface area contributed by atoms with Crippen LogP contribution in [0.5, 0.6) is 17.2 Å². The van der Waals surface area contributed by atoms with Crippen LogP contribution in [0.3, 0.4) is 0 Å². The van der Waals surface area contributed by atoms with Gasteiger partial charge in [0.25, 0.3) is 0 Å². The van der Waals surface area contributed by atoms with E-state index >= 15 is 4.39 Å². The van der Waals surface area contributed by atoms with Gasteiger partial charge in [-0.05, 0) is 12.1 Å². The minimum Gasteiger partial charge on any atom is -0.489 e. The van der Waals surface area contributed by atoms with E-state index < -0.39 is 30.3 Å². The Bertz CT molecular complexity index is 1090. The summed E-state index contributed by atoms with van der Waals surface area (Å²) in [6.07, 6.45) is -3.07. The molecule has 2 aliphatic heterocycles. The summed E-state index contributed by atoms with van der Waals surface area (Å²) < 4.78 is 43.7. The van der Waals surface area contributed by atoms with Crippen LogP contribution >= 0.6 is 0 Å². The number of hydrogen-bond donors (Lipinski definition) is 3. The number of methoxy groups -OCH3 is 2. The number of guanidine groups is 1. The molecule has 2 aromatic rings. The Kier molecular flexibility index (Phi) is 6.62. The fourth-order valence-electron chi connectivity index (χ4n) is 3.70. The normalized spacial score (nSPS) is 23.1. The Labute approximate surface area is 188 Å². The number of rotatable bonds is 8. The van der Waals surface area contributed by atoms with E-state index in [-0.39, 0.29) is 37.3 Å². The third-order valence-electron chi connectivity index (χ3n) is 5.16. The number of nitrogens with two attached hydrogens (primary N) is 2. The summed E-state index contributed by atoms with van der Waals surface area (Å²) in [4.78, 5) is 20.6. The molecule has 0 bridgehead atoms. The Morgan fingerprint density at radius 2 is 2.15 bits per heavy atom. The van der Waals surface area contributed by atoms with Gasteiger partial charge in [0.2, 0.25) is 0 Å². The van der Waals surface area contributed by atoms with Crippen molar-refractivity contribution in [1.29, 1.82) is 0 Å². The summed E-state index contributed by atoms with van der Waals surface area (Å²) in [7, 11) is 2.85. The van der Waals surface area contributed by atoms with Crippen LogP contribution in [0, 0.1) is 0 Å². The lowest BCUT2D eigenvalue weighted by atomic mass is 10.1. The summed E-state index contributed by atoms with van der Waals surface area (Å²) >= 11 is 0. The minimum absolute atomic E-state index is 0.0309. The number of aliphatic imine (C=N–C) groups is 1. The van der Waals surface area contributed by atoms with Gasteiger partial charge in [0.15, 0.2) is 35.7 Å². The number of ether oxygens (including phenoxy) is 5. The first-order valence-corrected chi connectivity index (χ1v) is 10.1. The molecule has 1 aromatic carbocycles. The number of fused-ring (bicyclic) bond motifs is 2. The van der Waals surface area contributed by atoms with E-state index in [1.807, 2.05) is 0 Å². The van der Waals surface area contributed by atoms with E-state index in [4.69, 9.17) is 35.2 Å². The van der Waals surface area contributed by atoms with Crippen molar-refractivity contribution in [3.05, 3.63) is 34.9 Å². The molecule has 4 unspecified atom stereocenters. The molecule has 13 heteroatoms. The molecule has 0 amide bonds. The van der Waals surface area contributed by atoms with E-state index in [0.717, 1.165) is 4.57 Å². The van der Waals surface area contributed by atoms with Crippen LogP contribution in [0.2, 0.25) is 0 Å². The molecule has 4 rings (SSSR count). The highest BCUT2D eigenvalue weighted by atomic mass is 19.1. The summed E-state index contributed by atoms with van der Waals surface area (Å²) in [6, 6.07) is 5.17. The number of halogens is 1. The first-order valence-electron chi connectivity index (χ1n) is 10.1. The molecule has 178 valence electrons. The van der Waals surface area contributed by atoms with Gasteiger partial charge in [-0.25, -0.2) is 9.18 Å². The van der Waals surface area contributed by atoms with Gasteiger partial charge < -0.3 is 40.5 Å². The van der Waals surface area contributed by atoms with Crippen molar-refractivity contribution in [3.8, 4) is 17.2 Å². The van der Waals surface area contributed by atoms with Crippen molar-refractivity contribution in [2.45, 2.75) is 24.6 Å². The number of nitrogens with one attached hydrogen (secondary N) is 1. The Balaban J connectivity index is 1.57. The zero-order valence-electron chi connectivity index (χ0n) is 18.1. The van der Waals surface area contributed by atoms with Crippen molar-refractivity contribution >= 4 is 17.5 Å². The number of alkyl halides is 1. The summed E-state index contributed by atoms with van der Waals surface area (Å²) in [5.74, 6) is 1.25. The quantitative estimate of drug-likeness (QED) is 0.245. The number of anilines is 2. The minimum atomic E-state index is -1.61. The van der Waals surface area contributed by atoms with E-state index in [9.17, 15) is 4.79 Å². The second-order valence-corrected chi connectivity index (χ2v) is 7.32.